The van der Waals surface area contributed by atoms with Crippen LogP contribution in [0.5, 0.6) is 0 Å². The molecular weight excluding hydrogens is 306 g/mol. The van der Waals surface area contributed by atoms with Crippen molar-refractivity contribution in [3.05, 3.63) is 35.9 Å². The van der Waals surface area contributed by atoms with Crippen molar-refractivity contribution >= 4 is 11.9 Å². The Kier molecular flexibility index (Phi) is 4.90. The number of likely N-dealkylation sites (tertiary alicyclic amines) is 1. The maximum atomic E-state index is 12.3. The zero-order valence-electron chi connectivity index (χ0n) is 14.4. The number of benzene rings is 1. The van der Waals surface area contributed by atoms with E-state index in [1.165, 1.54) is 0 Å². The van der Waals surface area contributed by atoms with Crippen LogP contribution < -0.4 is 0 Å². The number of carbonyl (C=O) groups is 2. The summed E-state index contributed by atoms with van der Waals surface area (Å²) in [7, 11) is 1.99. The lowest BCUT2D eigenvalue weighted by Gasteiger charge is -2.45. The van der Waals surface area contributed by atoms with Crippen LogP contribution in [0.1, 0.15) is 38.2 Å². The molecule has 2 aliphatic rings. The molecule has 2 atom stereocenters. The molecule has 5 nitrogen and oxygen atoms in total. The Morgan fingerprint density at radius 3 is 2.58 bits per heavy atom. The average Bonchev–Trinajstić information content (AvgIpc) is 3.43. The van der Waals surface area contributed by atoms with Crippen molar-refractivity contribution in [3.63, 3.8) is 0 Å². The van der Waals surface area contributed by atoms with E-state index in [1.54, 1.807) is 6.92 Å². The molecule has 2 fully saturated rings. The molecule has 130 valence electrons. The van der Waals surface area contributed by atoms with E-state index in [1.807, 2.05) is 37.4 Å². The zero-order chi connectivity index (χ0) is 17.2. The van der Waals surface area contributed by atoms with Crippen molar-refractivity contribution in [2.45, 2.75) is 44.3 Å². The summed E-state index contributed by atoms with van der Waals surface area (Å²) >= 11 is 0. The van der Waals surface area contributed by atoms with Crippen molar-refractivity contribution in [1.82, 2.24) is 4.90 Å². The van der Waals surface area contributed by atoms with Gasteiger partial charge in [-0.3, -0.25) is 9.59 Å². The van der Waals surface area contributed by atoms with Crippen molar-refractivity contribution < 1.29 is 19.1 Å². The Labute approximate surface area is 142 Å². The smallest absolute Gasteiger partial charge is 0.309 e. The van der Waals surface area contributed by atoms with Crippen LogP contribution in [0.3, 0.4) is 0 Å². The Morgan fingerprint density at radius 2 is 1.96 bits per heavy atom. The van der Waals surface area contributed by atoms with Gasteiger partial charge in [-0.2, -0.15) is 0 Å². The van der Waals surface area contributed by atoms with Gasteiger partial charge in [0.1, 0.15) is 0 Å². The summed E-state index contributed by atoms with van der Waals surface area (Å²) in [5.41, 5.74) is -0.000651. The van der Waals surface area contributed by atoms with E-state index in [0.717, 1.165) is 24.9 Å². The monoisotopic (exact) mass is 331 g/mol. The fraction of sp³-hybridized carbons (Fsp3) is 0.579. The standard InChI is InChI=1S/C19H25NO4/c1-3-17(21)24-19(15-7-5-4-6-8-15)11-12-20(2)13-16(19)23-18(22)14-9-10-14/h4-8,14,16H,3,9-13H2,1-2H3. The fourth-order valence-corrected chi connectivity index (χ4v) is 3.23. The molecule has 0 radical (unpaired) electrons. The molecule has 0 bridgehead atoms. The van der Waals surface area contributed by atoms with E-state index < -0.39 is 11.7 Å². The molecule has 0 spiro atoms. The van der Waals surface area contributed by atoms with Gasteiger partial charge in [-0.15, -0.1) is 0 Å². The predicted octanol–water partition coefficient (Wildman–Crippen LogP) is 2.49. The number of rotatable bonds is 5. The summed E-state index contributed by atoms with van der Waals surface area (Å²) in [4.78, 5) is 26.5. The first-order valence-corrected chi connectivity index (χ1v) is 8.71. The number of nitrogens with zero attached hydrogens (tertiary/aromatic N) is 1. The second-order valence-corrected chi connectivity index (χ2v) is 6.80. The zero-order valence-corrected chi connectivity index (χ0v) is 14.4. The number of hydrogen-bond donors (Lipinski definition) is 0. The summed E-state index contributed by atoms with van der Waals surface area (Å²) in [6.07, 6.45) is 2.22. The largest absolute Gasteiger partial charge is 0.456 e. The minimum absolute atomic E-state index is 0.0209. The highest BCUT2D eigenvalue weighted by molar-refractivity contribution is 5.75. The molecule has 24 heavy (non-hydrogen) atoms. The Morgan fingerprint density at radius 1 is 1.25 bits per heavy atom. The van der Waals surface area contributed by atoms with Gasteiger partial charge >= 0.3 is 11.9 Å². The van der Waals surface area contributed by atoms with Gasteiger partial charge in [0.05, 0.1) is 5.92 Å². The minimum Gasteiger partial charge on any atom is -0.456 e. The summed E-state index contributed by atoms with van der Waals surface area (Å²) in [6, 6.07) is 9.68. The maximum Gasteiger partial charge on any atom is 0.309 e. The van der Waals surface area contributed by atoms with Gasteiger partial charge in [0.15, 0.2) is 11.7 Å². The lowest BCUT2D eigenvalue weighted by Crippen LogP contribution is -2.56. The lowest BCUT2D eigenvalue weighted by atomic mass is 9.81. The number of esters is 2. The fourth-order valence-electron chi connectivity index (χ4n) is 3.23. The molecule has 1 heterocycles. The number of likely N-dealkylation sites (N-methyl/N-ethyl adjacent to an activating group) is 1. The molecule has 3 rings (SSSR count). The lowest BCUT2D eigenvalue weighted by molar-refractivity contribution is -0.201. The first-order chi connectivity index (χ1) is 11.5. The molecule has 1 saturated carbocycles. The average molecular weight is 331 g/mol. The molecule has 2 unspecified atom stereocenters. The Bertz CT molecular complexity index is 599. The highest BCUT2D eigenvalue weighted by Gasteiger charge is 2.50. The molecule has 1 aromatic rings. The van der Waals surface area contributed by atoms with E-state index in [-0.39, 0.29) is 17.9 Å². The quantitative estimate of drug-likeness (QED) is 0.776. The van der Waals surface area contributed by atoms with Gasteiger partial charge in [-0.25, -0.2) is 0 Å². The molecule has 1 aliphatic heterocycles. The number of ether oxygens (including phenoxy) is 2. The number of hydrogen-bond acceptors (Lipinski definition) is 5. The second-order valence-electron chi connectivity index (χ2n) is 6.80. The third-order valence-corrected chi connectivity index (χ3v) is 4.88. The molecule has 1 aliphatic carbocycles. The molecule has 5 heteroatoms. The second kappa shape index (κ2) is 6.93. The van der Waals surface area contributed by atoms with Gasteiger partial charge in [0, 0.05) is 25.9 Å². The van der Waals surface area contributed by atoms with Crippen LogP contribution in [0.25, 0.3) is 0 Å². The van der Waals surface area contributed by atoms with Crippen molar-refractivity contribution in [2.24, 2.45) is 5.92 Å². The van der Waals surface area contributed by atoms with Crippen molar-refractivity contribution in [3.8, 4) is 0 Å². The number of piperidine rings is 1. The van der Waals surface area contributed by atoms with E-state index in [2.05, 4.69) is 4.90 Å². The van der Waals surface area contributed by atoms with Gasteiger partial charge in [-0.05, 0) is 25.5 Å². The highest BCUT2D eigenvalue weighted by Crippen LogP contribution is 2.40. The van der Waals surface area contributed by atoms with E-state index in [4.69, 9.17) is 9.47 Å². The molecule has 1 aromatic carbocycles. The van der Waals surface area contributed by atoms with Gasteiger partial charge in [0.25, 0.3) is 0 Å². The molecule has 1 saturated heterocycles. The topological polar surface area (TPSA) is 55.8 Å². The Hall–Kier alpha value is -1.88. The van der Waals surface area contributed by atoms with Crippen LogP contribution >= 0.6 is 0 Å². The first-order valence-electron chi connectivity index (χ1n) is 8.71. The molecule has 0 amide bonds. The summed E-state index contributed by atoms with van der Waals surface area (Å²) < 4.78 is 11.8. The van der Waals surface area contributed by atoms with Crippen LogP contribution in [-0.4, -0.2) is 43.1 Å². The Balaban J connectivity index is 1.94. The van der Waals surface area contributed by atoms with Crippen LogP contribution in [0.2, 0.25) is 0 Å². The van der Waals surface area contributed by atoms with Crippen molar-refractivity contribution in [1.29, 1.82) is 0 Å². The molecular formula is C19H25NO4. The van der Waals surface area contributed by atoms with E-state index in [0.29, 0.717) is 19.4 Å². The van der Waals surface area contributed by atoms with Gasteiger partial charge < -0.3 is 14.4 Å². The minimum atomic E-state index is -0.897. The van der Waals surface area contributed by atoms with Crippen molar-refractivity contribution in [2.75, 3.05) is 20.1 Å². The summed E-state index contributed by atoms with van der Waals surface area (Å²) in [5.74, 6) is -0.411. The van der Waals surface area contributed by atoms with Crippen LogP contribution in [0.15, 0.2) is 30.3 Å². The van der Waals surface area contributed by atoms with E-state index in [9.17, 15) is 9.59 Å². The third kappa shape index (κ3) is 3.46. The molecule has 0 aromatic heterocycles. The first kappa shape index (κ1) is 17.0. The maximum absolute atomic E-state index is 12.3. The van der Waals surface area contributed by atoms with Gasteiger partial charge in [-0.1, -0.05) is 37.3 Å². The number of carbonyl (C=O) groups excluding carboxylic acids is 2. The predicted molar refractivity (Wildman–Crippen MR) is 89.2 cm³/mol. The SMILES string of the molecule is CCC(=O)OC1(c2ccccc2)CCN(C)CC1OC(=O)C1CC1. The molecule has 0 N–H and O–H groups in total. The summed E-state index contributed by atoms with van der Waals surface area (Å²) in [6.45, 7) is 3.12. The van der Waals surface area contributed by atoms with Crippen LogP contribution in [0.4, 0.5) is 0 Å². The van der Waals surface area contributed by atoms with Crippen LogP contribution in [0, 0.1) is 5.92 Å². The van der Waals surface area contributed by atoms with Gasteiger partial charge in [0.2, 0.25) is 0 Å². The third-order valence-electron chi connectivity index (χ3n) is 4.88. The highest BCUT2D eigenvalue weighted by atomic mass is 16.6. The van der Waals surface area contributed by atoms with E-state index >= 15 is 0 Å². The van der Waals surface area contributed by atoms with Crippen LogP contribution in [-0.2, 0) is 24.7 Å². The normalized spacial score (nSPS) is 27.5. The summed E-state index contributed by atoms with van der Waals surface area (Å²) in [5, 5.41) is 0.